The topological polar surface area (TPSA) is 30.5 Å². The first-order chi connectivity index (χ1) is 8.29. The normalized spacial score (nSPS) is 24.5. The van der Waals surface area contributed by atoms with Crippen LogP contribution in [0, 0.1) is 5.92 Å². The fourth-order valence-electron chi connectivity index (χ4n) is 2.21. The van der Waals surface area contributed by atoms with Crippen LogP contribution in [-0.4, -0.2) is 50.5 Å². The molecule has 0 aliphatic carbocycles. The third-order valence-electron chi connectivity index (χ3n) is 3.26. The molecule has 1 rings (SSSR count). The van der Waals surface area contributed by atoms with Crippen LogP contribution >= 0.6 is 11.8 Å². The summed E-state index contributed by atoms with van der Waals surface area (Å²) in [6, 6.07) is 0.470. The van der Waals surface area contributed by atoms with Gasteiger partial charge < -0.3 is 14.8 Å². The Kier molecular flexibility index (Phi) is 8.27. The highest BCUT2D eigenvalue weighted by atomic mass is 32.2. The Hall–Kier alpha value is 0.230. The molecule has 17 heavy (non-hydrogen) atoms. The lowest BCUT2D eigenvalue weighted by atomic mass is 9.94. The Morgan fingerprint density at radius 3 is 2.94 bits per heavy atom. The van der Waals surface area contributed by atoms with Gasteiger partial charge in [-0.2, -0.15) is 11.8 Å². The van der Waals surface area contributed by atoms with Gasteiger partial charge in [-0.05, 0) is 25.3 Å². The average Bonchev–Trinajstić information content (AvgIpc) is 2.38. The van der Waals surface area contributed by atoms with Gasteiger partial charge in [0.15, 0.2) is 0 Å². The summed E-state index contributed by atoms with van der Waals surface area (Å²) in [4.78, 5) is 0. The zero-order chi connectivity index (χ0) is 12.5. The average molecular weight is 261 g/mol. The number of hydrogen-bond acceptors (Lipinski definition) is 4. The van der Waals surface area contributed by atoms with E-state index in [1.807, 2.05) is 11.8 Å². The van der Waals surface area contributed by atoms with Crippen LogP contribution in [-0.2, 0) is 9.47 Å². The van der Waals surface area contributed by atoms with Crippen LogP contribution in [0.15, 0.2) is 0 Å². The van der Waals surface area contributed by atoms with E-state index in [1.165, 1.54) is 6.42 Å². The van der Waals surface area contributed by atoms with Crippen molar-refractivity contribution in [1.29, 1.82) is 0 Å². The molecule has 0 saturated carbocycles. The Morgan fingerprint density at radius 1 is 1.53 bits per heavy atom. The molecule has 0 aromatic carbocycles. The lowest BCUT2D eigenvalue weighted by Crippen LogP contribution is -2.49. The molecule has 0 bridgehead atoms. The predicted octanol–water partition coefficient (Wildman–Crippen LogP) is 2.16. The molecule has 0 amide bonds. The number of nitrogens with one attached hydrogen (secondary N) is 1. The first-order valence-electron chi connectivity index (χ1n) is 6.71. The van der Waals surface area contributed by atoms with Crippen molar-refractivity contribution in [2.45, 2.75) is 38.8 Å². The number of thioether (sulfide) groups is 1. The summed E-state index contributed by atoms with van der Waals surface area (Å²) in [6.45, 7) is 7.32. The van der Waals surface area contributed by atoms with Crippen LogP contribution in [0.5, 0.6) is 0 Å². The van der Waals surface area contributed by atoms with E-state index < -0.39 is 0 Å². The summed E-state index contributed by atoms with van der Waals surface area (Å²) in [6.07, 6.45) is 2.64. The maximum atomic E-state index is 5.91. The molecule has 3 nitrogen and oxygen atoms in total. The number of hydrogen-bond donors (Lipinski definition) is 1. The molecule has 3 atom stereocenters. The van der Waals surface area contributed by atoms with Crippen LogP contribution in [0.25, 0.3) is 0 Å². The van der Waals surface area contributed by atoms with Crippen molar-refractivity contribution in [3.63, 3.8) is 0 Å². The molecule has 1 aliphatic rings. The second kappa shape index (κ2) is 9.20. The molecule has 0 radical (unpaired) electrons. The monoisotopic (exact) mass is 261 g/mol. The van der Waals surface area contributed by atoms with Crippen LogP contribution < -0.4 is 5.32 Å². The van der Waals surface area contributed by atoms with Crippen molar-refractivity contribution in [1.82, 2.24) is 5.32 Å². The molecule has 4 heteroatoms. The number of methoxy groups -OCH3 is 1. The van der Waals surface area contributed by atoms with E-state index in [9.17, 15) is 0 Å². The summed E-state index contributed by atoms with van der Waals surface area (Å²) < 4.78 is 11.1. The van der Waals surface area contributed by atoms with E-state index in [2.05, 4.69) is 19.2 Å². The van der Waals surface area contributed by atoms with Gasteiger partial charge in [0, 0.05) is 31.3 Å². The molecular formula is C13H27NO2S. The highest BCUT2D eigenvalue weighted by molar-refractivity contribution is 7.99. The SMILES string of the molecule is CCCNC(C(C)CCOC)C1CSCCO1. The lowest BCUT2D eigenvalue weighted by molar-refractivity contribution is 0.0270. The third kappa shape index (κ3) is 5.60. The van der Waals surface area contributed by atoms with E-state index in [4.69, 9.17) is 9.47 Å². The summed E-state index contributed by atoms with van der Waals surface area (Å²) in [5.74, 6) is 2.87. The smallest absolute Gasteiger partial charge is 0.0821 e. The van der Waals surface area contributed by atoms with Crippen molar-refractivity contribution in [2.75, 3.05) is 38.4 Å². The molecule has 0 aromatic rings. The van der Waals surface area contributed by atoms with Gasteiger partial charge in [-0.1, -0.05) is 13.8 Å². The second-order valence-electron chi connectivity index (χ2n) is 4.72. The Balaban J connectivity index is 2.44. The molecule has 1 heterocycles. The van der Waals surface area contributed by atoms with Gasteiger partial charge in [-0.15, -0.1) is 0 Å². The van der Waals surface area contributed by atoms with Crippen molar-refractivity contribution < 1.29 is 9.47 Å². The molecule has 102 valence electrons. The first-order valence-corrected chi connectivity index (χ1v) is 7.86. The fourth-order valence-corrected chi connectivity index (χ4v) is 3.12. The molecule has 1 saturated heterocycles. The van der Waals surface area contributed by atoms with Gasteiger partial charge in [-0.25, -0.2) is 0 Å². The zero-order valence-corrected chi connectivity index (χ0v) is 12.2. The van der Waals surface area contributed by atoms with E-state index in [0.717, 1.165) is 37.7 Å². The highest BCUT2D eigenvalue weighted by Crippen LogP contribution is 2.21. The van der Waals surface area contributed by atoms with E-state index in [-0.39, 0.29) is 0 Å². The van der Waals surface area contributed by atoms with Gasteiger partial charge in [0.25, 0.3) is 0 Å². The number of ether oxygens (including phenoxy) is 2. The summed E-state index contributed by atoms with van der Waals surface area (Å²) in [7, 11) is 1.77. The van der Waals surface area contributed by atoms with Crippen molar-refractivity contribution in [3.8, 4) is 0 Å². The van der Waals surface area contributed by atoms with Crippen LogP contribution in [0.4, 0.5) is 0 Å². The summed E-state index contributed by atoms with van der Waals surface area (Å²) in [5, 5.41) is 3.65. The molecule has 0 spiro atoms. The molecule has 0 aromatic heterocycles. The first kappa shape index (κ1) is 15.3. The Bertz CT molecular complexity index is 186. The van der Waals surface area contributed by atoms with E-state index >= 15 is 0 Å². The molecule has 1 fully saturated rings. The van der Waals surface area contributed by atoms with Crippen LogP contribution in [0.3, 0.4) is 0 Å². The van der Waals surface area contributed by atoms with Gasteiger partial charge in [0.2, 0.25) is 0 Å². The van der Waals surface area contributed by atoms with E-state index in [0.29, 0.717) is 18.1 Å². The Labute approximate surface area is 110 Å². The van der Waals surface area contributed by atoms with E-state index in [1.54, 1.807) is 7.11 Å². The standard InChI is InChI=1S/C13H27NO2S/c1-4-6-14-13(11(2)5-7-15-3)12-10-17-9-8-16-12/h11-14H,4-10H2,1-3H3. The van der Waals surface area contributed by atoms with Crippen molar-refractivity contribution in [3.05, 3.63) is 0 Å². The van der Waals surface area contributed by atoms with Gasteiger partial charge >= 0.3 is 0 Å². The summed E-state index contributed by atoms with van der Waals surface area (Å²) in [5.41, 5.74) is 0. The predicted molar refractivity (Wildman–Crippen MR) is 74.8 cm³/mol. The Morgan fingerprint density at radius 2 is 2.35 bits per heavy atom. The molecule has 3 unspecified atom stereocenters. The largest absolute Gasteiger partial charge is 0.385 e. The maximum Gasteiger partial charge on any atom is 0.0821 e. The fraction of sp³-hybridized carbons (Fsp3) is 1.00. The van der Waals surface area contributed by atoms with Crippen molar-refractivity contribution in [2.24, 2.45) is 5.92 Å². The number of rotatable bonds is 8. The molecular weight excluding hydrogens is 234 g/mol. The minimum Gasteiger partial charge on any atom is -0.385 e. The summed E-state index contributed by atoms with van der Waals surface area (Å²) >= 11 is 2.01. The van der Waals surface area contributed by atoms with Gasteiger partial charge in [0.05, 0.1) is 12.7 Å². The zero-order valence-electron chi connectivity index (χ0n) is 11.4. The van der Waals surface area contributed by atoms with Crippen molar-refractivity contribution >= 4 is 11.8 Å². The minimum absolute atomic E-state index is 0.368. The molecule has 1 N–H and O–H groups in total. The minimum atomic E-state index is 0.368. The van der Waals surface area contributed by atoms with Crippen LogP contribution in [0.1, 0.15) is 26.7 Å². The lowest BCUT2D eigenvalue weighted by Gasteiger charge is -2.34. The highest BCUT2D eigenvalue weighted by Gasteiger charge is 2.28. The van der Waals surface area contributed by atoms with Gasteiger partial charge in [-0.3, -0.25) is 0 Å². The maximum absolute atomic E-state index is 5.91. The molecule has 1 aliphatic heterocycles. The second-order valence-corrected chi connectivity index (χ2v) is 5.87. The van der Waals surface area contributed by atoms with Gasteiger partial charge in [0.1, 0.15) is 0 Å². The quantitative estimate of drug-likeness (QED) is 0.725. The van der Waals surface area contributed by atoms with Crippen LogP contribution in [0.2, 0.25) is 0 Å². The third-order valence-corrected chi connectivity index (χ3v) is 4.28.